The maximum atomic E-state index is 13.3. The summed E-state index contributed by atoms with van der Waals surface area (Å²) in [5, 5.41) is 0. The van der Waals surface area contributed by atoms with Crippen molar-refractivity contribution >= 4 is 0 Å². The number of nitrogens with two attached hydrogens (primary N) is 2. The normalized spacial score (nSPS) is 12.8. The Labute approximate surface area is 108 Å². The lowest BCUT2D eigenvalue weighted by atomic mass is 9.88. The van der Waals surface area contributed by atoms with E-state index in [1.807, 2.05) is 6.92 Å². The fraction of sp³-hybridized carbons (Fsp3) is 0.571. The molecule has 0 aliphatic heterocycles. The van der Waals surface area contributed by atoms with Crippen LogP contribution in [0.1, 0.15) is 19.4 Å². The Morgan fingerprint density at radius 3 is 2.50 bits per heavy atom. The monoisotopic (exact) mass is 254 g/mol. The molecule has 0 spiro atoms. The molecule has 1 aromatic carbocycles. The number of hydrogen-bond donors (Lipinski definition) is 2. The topological polar surface area (TPSA) is 61.3 Å². The van der Waals surface area contributed by atoms with Gasteiger partial charge in [0.15, 0.2) is 0 Å². The number of benzene rings is 1. The molecule has 1 atom stereocenters. The summed E-state index contributed by atoms with van der Waals surface area (Å²) in [4.78, 5) is 0. The van der Waals surface area contributed by atoms with Crippen molar-refractivity contribution in [3.05, 3.63) is 29.6 Å². The highest BCUT2D eigenvalue weighted by Crippen LogP contribution is 2.25. The Bertz CT molecular complexity index is 367. The van der Waals surface area contributed by atoms with Crippen LogP contribution in [-0.2, 0) is 6.42 Å². The third-order valence-electron chi connectivity index (χ3n) is 3.27. The molecule has 1 aromatic rings. The fourth-order valence-corrected chi connectivity index (χ4v) is 2.08. The summed E-state index contributed by atoms with van der Waals surface area (Å²) < 4.78 is 18.8. The van der Waals surface area contributed by atoms with Crippen LogP contribution < -0.4 is 16.2 Å². The zero-order chi connectivity index (χ0) is 13.5. The van der Waals surface area contributed by atoms with Gasteiger partial charge >= 0.3 is 0 Å². The zero-order valence-electron chi connectivity index (χ0n) is 11.2. The lowest BCUT2D eigenvalue weighted by Crippen LogP contribution is -2.30. The van der Waals surface area contributed by atoms with Crippen LogP contribution in [0, 0.1) is 17.7 Å². The SMILES string of the molecule is CCOc1ccc(F)cc1CC(C)C(CN)CN. The Hall–Kier alpha value is -1.13. The molecule has 0 amide bonds. The molecule has 0 saturated carbocycles. The third kappa shape index (κ3) is 3.96. The molecule has 0 aliphatic carbocycles. The highest BCUT2D eigenvalue weighted by atomic mass is 19.1. The molecular formula is C14H23FN2O. The molecule has 0 fully saturated rings. The summed E-state index contributed by atoms with van der Waals surface area (Å²) in [5.74, 6) is 1.07. The van der Waals surface area contributed by atoms with Crippen molar-refractivity contribution < 1.29 is 9.13 Å². The number of halogens is 1. The van der Waals surface area contributed by atoms with Crippen molar-refractivity contribution in [2.24, 2.45) is 23.3 Å². The molecule has 3 nitrogen and oxygen atoms in total. The van der Waals surface area contributed by atoms with Gasteiger partial charge in [0.1, 0.15) is 11.6 Å². The lowest BCUT2D eigenvalue weighted by Gasteiger charge is -2.22. The molecule has 0 radical (unpaired) electrons. The Morgan fingerprint density at radius 1 is 1.28 bits per heavy atom. The molecule has 0 bridgehead atoms. The average Bonchev–Trinajstić information content (AvgIpc) is 2.34. The first-order chi connectivity index (χ1) is 8.62. The highest BCUT2D eigenvalue weighted by molar-refractivity contribution is 5.34. The average molecular weight is 254 g/mol. The quantitative estimate of drug-likeness (QED) is 0.781. The van der Waals surface area contributed by atoms with Gasteiger partial charge in [-0.05, 0) is 62.0 Å². The van der Waals surface area contributed by atoms with Gasteiger partial charge in [-0.15, -0.1) is 0 Å². The van der Waals surface area contributed by atoms with E-state index in [0.717, 1.165) is 17.7 Å². The molecule has 4 N–H and O–H groups in total. The Morgan fingerprint density at radius 2 is 1.94 bits per heavy atom. The van der Waals surface area contributed by atoms with Crippen LogP contribution in [0.2, 0.25) is 0 Å². The van der Waals surface area contributed by atoms with Crippen LogP contribution in [-0.4, -0.2) is 19.7 Å². The minimum atomic E-state index is -0.238. The van der Waals surface area contributed by atoms with E-state index in [2.05, 4.69) is 6.92 Å². The standard InChI is InChI=1S/C14H23FN2O/c1-3-18-14-5-4-13(15)7-11(14)6-10(2)12(8-16)9-17/h4-5,7,10,12H,3,6,8-9,16-17H2,1-2H3. The van der Waals surface area contributed by atoms with Crippen molar-refractivity contribution in [1.82, 2.24) is 0 Å². The molecule has 0 saturated heterocycles. The first-order valence-corrected chi connectivity index (χ1v) is 6.43. The second-order valence-corrected chi connectivity index (χ2v) is 4.60. The molecule has 0 aromatic heterocycles. The second kappa shape index (κ2) is 7.34. The summed E-state index contributed by atoms with van der Waals surface area (Å²) in [6.07, 6.45) is 0.728. The van der Waals surface area contributed by atoms with Crippen LogP contribution in [0.3, 0.4) is 0 Å². The summed E-state index contributed by atoms with van der Waals surface area (Å²) in [7, 11) is 0. The van der Waals surface area contributed by atoms with E-state index in [-0.39, 0.29) is 11.7 Å². The number of ether oxygens (including phenoxy) is 1. The predicted octanol–water partition coefficient (Wildman–Crippen LogP) is 1.94. The molecule has 0 heterocycles. The van der Waals surface area contributed by atoms with Gasteiger partial charge in [-0.2, -0.15) is 0 Å². The summed E-state index contributed by atoms with van der Waals surface area (Å²) in [6.45, 7) is 5.68. The summed E-state index contributed by atoms with van der Waals surface area (Å²) in [6, 6.07) is 4.63. The largest absolute Gasteiger partial charge is 0.494 e. The fourth-order valence-electron chi connectivity index (χ4n) is 2.08. The third-order valence-corrected chi connectivity index (χ3v) is 3.27. The van der Waals surface area contributed by atoms with Crippen molar-refractivity contribution in [1.29, 1.82) is 0 Å². The minimum Gasteiger partial charge on any atom is -0.494 e. The van der Waals surface area contributed by atoms with E-state index >= 15 is 0 Å². The van der Waals surface area contributed by atoms with Crippen molar-refractivity contribution in [2.75, 3.05) is 19.7 Å². The van der Waals surface area contributed by atoms with Gasteiger partial charge < -0.3 is 16.2 Å². The van der Waals surface area contributed by atoms with Gasteiger partial charge in [0.25, 0.3) is 0 Å². The van der Waals surface area contributed by atoms with E-state index in [1.165, 1.54) is 12.1 Å². The van der Waals surface area contributed by atoms with Crippen LogP contribution in [0.5, 0.6) is 5.75 Å². The first-order valence-electron chi connectivity index (χ1n) is 6.43. The molecule has 1 rings (SSSR count). The molecule has 0 aliphatic rings. The van der Waals surface area contributed by atoms with Gasteiger partial charge in [-0.1, -0.05) is 6.92 Å². The van der Waals surface area contributed by atoms with Gasteiger partial charge in [-0.25, -0.2) is 4.39 Å². The smallest absolute Gasteiger partial charge is 0.123 e. The zero-order valence-corrected chi connectivity index (χ0v) is 11.2. The summed E-state index contributed by atoms with van der Waals surface area (Å²) >= 11 is 0. The number of rotatable bonds is 7. The maximum absolute atomic E-state index is 13.3. The van der Waals surface area contributed by atoms with Crippen LogP contribution in [0.15, 0.2) is 18.2 Å². The van der Waals surface area contributed by atoms with Crippen LogP contribution in [0.25, 0.3) is 0 Å². The highest BCUT2D eigenvalue weighted by Gasteiger charge is 2.17. The molecule has 4 heteroatoms. The van der Waals surface area contributed by atoms with Gasteiger partial charge in [0.2, 0.25) is 0 Å². The van der Waals surface area contributed by atoms with E-state index in [1.54, 1.807) is 6.07 Å². The molecule has 18 heavy (non-hydrogen) atoms. The lowest BCUT2D eigenvalue weighted by molar-refractivity contribution is 0.325. The molecular weight excluding hydrogens is 231 g/mol. The van der Waals surface area contributed by atoms with Crippen molar-refractivity contribution in [3.8, 4) is 5.75 Å². The Balaban J connectivity index is 2.84. The maximum Gasteiger partial charge on any atom is 0.123 e. The number of hydrogen-bond acceptors (Lipinski definition) is 3. The van der Waals surface area contributed by atoms with Gasteiger partial charge in [0, 0.05) is 0 Å². The van der Waals surface area contributed by atoms with E-state index in [9.17, 15) is 4.39 Å². The van der Waals surface area contributed by atoms with Crippen LogP contribution >= 0.6 is 0 Å². The van der Waals surface area contributed by atoms with Gasteiger partial charge in [-0.3, -0.25) is 0 Å². The van der Waals surface area contributed by atoms with E-state index in [0.29, 0.717) is 25.6 Å². The second-order valence-electron chi connectivity index (χ2n) is 4.60. The predicted molar refractivity (Wildman–Crippen MR) is 72.0 cm³/mol. The van der Waals surface area contributed by atoms with Gasteiger partial charge in [0.05, 0.1) is 6.61 Å². The molecule has 102 valence electrons. The van der Waals surface area contributed by atoms with E-state index in [4.69, 9.17) is 16.2 Å². The van der Waals surface area contributed by atoms with Crippen LogP contribution in [0.4, 0.5) is 4.39 Å². The molecule has 1 unspecified atom stereocenters. The first kappa shape index (κ1) is 14.9. The van der Waals surface area contributed by atoms with Crippen molar-refractivity contribution in [2.45, 2.75) is 20.3 Å². The minimum absolute atomic E-state index is 0.238. The van der Waals surface area contributed by atoms with Crippen molar-refractivity contribution in [3.63, 3.8) is 0 Å². The summed E-state index contributed by atoms with van der Waals surface area (Å²) in [5.41, 5.74) is 12.2. The van der Waals surface area contributed by atoms with E-state index < -0.39 is 0 Å². The Kier molecular flexibility index (Phi) is 6.09.